The molecule has 0 saturated carbocycles. The Kier molecular flexibility index (Phi) is 8.31. The summed E-state index contributed by atoms with van der Waals surface area (Å²) in [7, 11) is 0. The van der Waals surface area contributed by atoms with Crippen molar-refractivity contribution in [2.45, 2.75) is 52.7 Å². The van der Waals surface area contributed by atoms with E-state index in [1.54, 1.807) is 0 Å². The molecular formula is C17H29NO2. The fourth-order valence-electron chi connectivity index (χ4n) is 2.22. The molecule has 20 heavy (non-hydrogen) atoms. The van der Waals surface area contributed by atoms with E-state index in [9.17, 15) is 0 Å². The van der Waals surface area contributed by atoms with Gasteiger partial charge in [0.1, 0.15) is 5.75 Å². The van der Waals surface area contributed by atoms with Crippen LogP contribution < -0.4 is 10.1 Å². The lowest BCUT2D eigenvalue weighted by Crippen LogP contribution is -2.21. The molecule has 0 heterocycles. The van der Waals surface area contributed by atoms with Crippen LogP contribution in [0, 0.1) is 0 Å². The predicted molar refractivity (Wildman–Crippen MR) is 84.4 cm³/mol. The highest BCUT2D eigenvalue weighted by Gasteiger charge is 2.10. The van der Waals surface area contributed by atoms with Crippen molar-refractivity contribution in [1.29, 1.82) is 0 Å². The number of ether oxygens (including phenoxy) is 2. The van der Waals surface area contributed by atoms with Crippen LogP contribution in [0.15, 0.2) is 24.3 Å². The molecule has 0 aromatic heterocycles. The summed E-state index contributed by atoms with van der Waals surface area (Å²) in [6.07, 6.45) is 2.39. The molecule has 114 valence electrons. The van der Waals surface area contributed by atoms with Gasteiger partial charge in [0.15, 0.2) is 0 Å². The summed E-state index contributed by atoms with van der Waals surface area (Å²) in [6.45, 7) is 10.9. The molecule has 0 aliphatic heterocycles. The van der Waals surface area contributed by atoms with E-state index in [2.05, 4.69) is 36.5 Å². The molecule has 3 heteroatoms. The maximum atomic E-state index is 5.68. The average Bonchev–Trinajstić information content (AvgIpc) is 2.43. The monoisotopic (exact) mass is 279 g/mol. The minimum Gasteiger partial charge on any atom is -0.491 e. The Morgan fingerprint density at radius 3 is 2.35 bits per heavy atom. The topological polar surface area (TPSA) is 30.5 Å². The molecule has 0 fully saturated rings. The molecule has 0 radical (unpaired) electrons. The molecule has 0 aliphatic rings. The van der Waals surface area contributed by atoms with E-state index in [0.717, 1.165) is 38.3 Å². The Balaban J connectivity index is 2.56. The van der Waals surface area contributed by atoms with Crippen LogP contribution in [0.3, 0.4) is 0 Å². The zero-order valence-corrected chi connectivity index (χ0v) is 13.3. The van der Waals surface area contributed by atoms with Crippen LogP contribution in [0.4, 0.5) is 0 Å². The fraction of sp³-hybridized carbons (Fsp3) is 0.647. The Labute approximate surface area is 123 Å². The Hall–Kier alpha value is -1.06. The van der Waals surface area contributed by atoms with Crippen LogP contribution in [0.2, 0.25) is 0 Å². The summed E-state index contributed by atoms with van der Waals surface area (Å²) in [5.74, 6) is 0.938. The largest absolute Gasteiger partial charge is 0.491 e. The van der Waals surface area contributed by atoms with Crippen LogP contribution >= 0.6 is 0 Å². The van der Waals surface area contributed by atoms with Gasteiger partial charge in [0.05, 0.1) is 6.10 Å². The average molecular weight is 279 g/mol. The summed E-state index contributed by atoms with van der Waals surface area (Å²) in [4.78, 5) is 0. The Bertz CT molecular complexity index is 349. The highest BCUT2D eigenvalue weighted by Crippen LogP contribution is 2.22. The van der Waals surface area contributed by atoms with Crippen molar-refractivity contribution >= 4 is 0 Å². The van der Waals surface area contributed by atoms with Gasteiger partial charge in [0.2, 0.25) is 0 Å². The van der Waals surface area contributed by atoms with E-state index < -0.39 is 0 Å². The zero-order chi connectivity index (χ0) is 14.8. The van der Waals surface area contributed by atoms with E-state index in [4.69, 9.17) is 9.47 Å². The van der Waals surface area contributed by atoms with Crippen molar-refractivity contribution in [3.05, 3.63) is 29.8 Å². The van der Waals surface area contributed by atoms with Crippen LogP contribution in [0.25, 0.3) is 0 Å². The first kappa shape index (κ1) is 17.0. The standard InChI is InChI=1S/C17H29NO2/c1-5-18-17(8-7-13-19-6-2)15-9-11-16(12-10-15)20-14(3)4/h9-12,14,17-18H,5-8,13H2,1-4H3. The van der Waals surface area contributed by atoms with Gasteiger partial charge < -0.3 is 14.8 Å². The first-order valence-corrected chi connectivity index (χ1v) is 7.75. The molecule has 1 aromatic rings. The van der Waals surface area contributed by atoms with Gasteiger partial charge in [-0.25, -0.2) is 0 Å². The summed E-state index contributed by atoms with van der Waals surface area (Å²) < 4.78 is 11.1. The normalized spacial score (nSPS) is 12.7. The van der Waals surface area contributed by atoms with Crippen LogP contribution in [0.1, 0.15) is 52.1 Å². The van der Waals surface area contributed by atoms with Gasteiger partial charge in [-0.15, -0.1) is 0 Å². The SMILES string of the molecule is CCNC(CCCOCC)c1ccc(OC(C)C)cc1. The molecular weight excluding hydrogens is 250 g/mol. The highest BCUT2D eigenvalue weighted by atomic mass is 16.5. The maximum Gasteiger partial charge on any atom is 0.119 e. The number of benzene rings is 1. The summed E-state index contributed by atoms with van der Waals surface area (Å²) in [5, 5.41) is 3.54. The van der Waals surface area contributed by atoms with Crippen molar-refractivity contribution < 1.29 is 9.47 Å². The smallest absolute Gasteiger partial charge is 0.119 e. The molecule has 0 amide bonds. The third-order valence-electron chi connectivity index (χ3n) is 3.09. The number of nitrogens with one attached hydrogen (secondary N) is 1. The van der Waals surface area contributed by atoms with Crippen LogP contribution in [0.5, 0.6) is 5.75 Å². The predicted octanol–water partition coefficient (Wildman–Crippen LogP) is 3.94. The third-order valence-corrected chi connectivity index (χ3v) is 3.09. The van der Waals surface area contributed by atoms with E-state index in [-0.39, 0.29) is 6.10 Å². The van der Waals surface area contributed by atoms with E-state index in [0.29, 0.717) is 6.04 Å². The number of rotatable bonds is 10. The lowest BCUT2D eigenvalue weighted by Gasteiger charge is -2.19. The van der Waals surface area contributed by atoms with Crippen molar-refractivity contribution in [2.75, 3.05) is 19.8 Å². The number of hydrogen-bond acceptors (Lipinski definition) is 3. The molecule has 0 bridgehead atoms. The first-order valence-electron chi connectivity index (χ1n) is 7.75. The lowest BCUT2D eigenvalue weighted by molar-refractivity contribution is 0.141. The quantitative estimate of drug-likeness (QED) is 0.658. The van der Waals surface area contributed by atoms with Gasteiger partial charge >= 0.3 is 0 Å². The fourth-order valence-corrected chi connectivity index (χ4v) is 2.22. The first-order chi connectivity index (χ1) is 9.67. The van der Waals surface area contributed by atoms with Crippen LogP contribution in [-0.2, 0) is 4.74 Å². The molecule has 0 saturated heterocycles. The molecule has 1 N–H and O–H groups in total. The van der Waals surface area contributed by atoms with Gasteiger partial charge in [-0.05, 0) is 57.9 Å². The lowest BCUT2D eigenvalue weighted by atomic mass is 10.0. The number of hydrogen-bond donors (Lipinski definition) is 1. The van der Waals surface area contributed by atoms with Crippen LogP contribution in [-0.4, -0.2) is 25.9 Å². The molecule has 1 atom stereocenters. The van der Waals surface area contributed by atoms with Gasteiger partial charge in [0, 0.05) is 19.3 Å². The van der Waals surface area contributed by atoms with Crippen molar-refractivity contribution in [2.24, 2.45) is 0 Å². The molecule has 1 aromatic carbocycles. The minimum atomic E-state index is 0.219. The second-order valence-electron chi connectivity index (χ2n) is 5.19. The Morgan fingerprint density at radius 2 is 1.80 bits per heavy atom. The molecule has 1 unspecified atom stereocenters. The third kappa shape index (κ3) is 6.40. The summed E-state index contributed by atoms with van der Waals surface area (Å²) in [5.41, 5.74) is 1.32. The van der Waals surface area contributed by atoms with Gasteiger partial charge in [0.25, 0.3) is 0 Å². The van der Waals surface area contributed by atoms with Crippen molar-refractivity contribution in [1.82, 2.24) is 5.32 Å². The van der Waals surface area contributed by atoms with Gasteiger partial charge in [-0.3, -0.25) is 0 Å². The van der Waals surface area contributed by atoms with Crippen molar-refractivity contribution in [3.8, 4) is 5.75 Å². The molecule has 0 aliphatic carbocycles. The van der Waals surface area contributed by atoms with E-state index in [1.165, 1.54) is 5.56 Å². The summed E-state index contributed by atoms with van der Waals surface area (Å²) >= 11 is 0. The van der Waals surface area contributed by atoms with Crippen molar-refractivity contribution in [3.63, 3.8) is 0 Å². The Morgan fingerprint density at radius 1 is 1.10 bits per heavy atom. The zero-order valence-electron chi connectivity index (χ0n) is 13.3. The molecule has 3 nitrogen and oxygen atoms in total. The van der Waals surface area contributed by atoms with Gasteiger partial charge in [-0.1, -0.05) is 19.1 Å². The maximum absolute atomic E-state index is 5.68. The van der Waals surface area contributed by atoms with Gasteiger partial charge in [-0.2, -0.15) is 0 Å². The summed E-state index contributed by atoms with van der Waals surface area (Å²) in [6, 6.07) is 8.83. The highest BCUT2D eigenvalue weighted by molar-refractivity contribution is 5.29. The second kappa shape index (κ2) is 9.78. The molecule has 0 spiro atoms. The minimum absolute atomic E-state index is 0.219. The van der Waals surface area contributed by atoms with E-state index in [1.807, 2.05) is 20.8 Å². The van der Waals surface area contributed by atoms with E-state index >= 15 is 0 Å². The second-order valence-corrected chi connectivity index (χ2v) is 5.19. The molecule has 1 rings (SSSR count).